The molecule has 0 saturated carbocycles. The smallest absolute Gasteiger partial charge is 0.416 e. The van der Waals surface area contributed by atoms with E-state index in [4.69, 9.17) is 42.1 Å². The monoisotopic (exact) mass is 597 g/mol. The SMILES string of the molecule is COc1cc(C2c3[nH]c4c(c3CCN2C(=O)Oc2ccc(Cl)cc2)=CC(Cl)CC=4)ccc1OCCN1CCOCC1. The van der Waals surface area contributed by atoms with Crippen LogP contribution in [-0.2, 0) is 11.2 Å². The van der Waals surface area contributed by atoms with Crippen LogP contribution in [0.5, 0.6) is 17.2 Å². The molecular formula is C31H33Cl2N3O5. The van der Waals surface area contributed by atoms with E-state index in [1.54, 1.807) is 36.3 Å². The number of rotatable bonds is 7. The summed E-state index contributed by atoms with van der Waals surface area (Å²) in [6, 6.07) is 12.2. The maximum Gasteiger partial charge on any atom is 0.416 e. The summed E-state index contributed by atoms with van der Waals surface area (Å²) in [4.78, 5) is 21.3. The van der Waals surface area contributed by atoms with Crippen molar-refractivity contribution in [2.75, 3.05) is 53.1 Å². The standard InChI is InChI=1S/C31H33Cl2N3O5/c1-38-28-18-20(2-9-27(28)40-17-14-35-12-15-39-16-13-35)30-29-24(25-19-22(33)5-8-26(25)34-29)10-11-36(30)31(37)41-23-6-3-21(32)4-7-23/h2-4,6-9,18-19,22,30,34H,5,10-17H2,1H3. The van der Waals surface area contributed by atoms with Crippen molar-refractivity contribution in [1.29, 1.82) is 0 Å². The van der Waals surface area contributed by atoms with Crippen molar-refractivity contribution in [3.8, 4) is 17.2 Å². The second-order valence-electron chi connectivity index (χ2n) is 10.3. The Hall–Kier alpha value is -3.17. The van der Waals surface area contributed by atoms with Gasteiger partial charge >= 0.3 is 6.09 Å². The Labute approximate surface area is 249 Å². The molecule has 2 aromatic carbocycles. The van der Waals surface area contributed by atoms with E-state index in [2.05, 4.69) is 22.0 Å². The van der Waals surface area contributed by atoms with Gasteiger partial charge in [-0.1, -0.05) is 29.8 Å². The number of amides is 1. The Kier molecular flexibility index (Phi) is 8.44. The third-order valence-electron chi connectivity index (χ3n) is 7.82. The summed E-state index contributed by atoms with van der Waals surface area (Å²) in [7, 11) is 1.63. The van der Waals surface area contributed by atoms with Crippen molar-refractivity contribution < 1.29 is 23.7 Å². The van der Waals surface area contributed by atoms with Crippen molar-refractivity contribution in [3.63, 3.8) is 0 Å². The number of ether oxygens (including phenoxy) is 4. The number of hydrogen-bond donors (Lipinski definition) is 1. The Morgan fingerprint density at radius 2 is 1.90 bits per heavy atom. The highest BCUT2D eigenvalue weighted by molar-refractivity contribution is 6.30. The van der Waals surface area contributed by atoms with Crippen LogP contribution in [-0.4, -0.2) is 79.4 Å². The molecular weight excluding hydrogens is 565 g/mol. The summed E-state index contributed by atoms with van der Waals surface area (Å²) < 4.78 is 23.1. The molecule has 216 valence electrons. The number of benzene rings is 2. The first kappa shape index (κ1) is 28.0. The van der Waals surface area contributed by atoms with Gasteiger partial charge in [-0.3, -0.25) is 9.80 Å². The first-order chi connectivity index (χ1) is 20.0. The summed E-state index contributed by atoms with van der Waals surface area (Å²) in [5.74, 6) is 1.70. The molecule has 1 aromatic heterocycles. The number of halogens is 2. The first-order valence-electron chi connectivity index (χ1n) is 13.9. The molecule has 3 aromatic rings. The minimum absolute atomic E-state index is 0.0530. The van der Waals surface area contributed by atoms with Crippen LogP contribution in [0, 0.1) is 0 Å². The fraction of sp³-hybridized carbons (Fsp3) is 0.387. The topological polar surface area (TPSA) is 76.3 Å². The minimum Gasteiger partial charge on any atom is -0.493 e. The van der Waals surface area contributed by atoms with Crippen LogP contribution >= 0.6 is 23.2 Å². The van der Waals surface area contributed by atoms with Gasteiger partial charge in [0.2, 0.25) is 0 Å². The number of morpholine rings is 1. The lowest BCUT2D eigenvalue weighted by Crippen LogP contribution is -2.43. The van der Waals surface area contributed by atoms with Gasteiger partial charge in [0, 0.05) is 47.5 Å². The van der Waals surface area contributed by atoms with E-state index in [0.29, 0.717) is 41.8 Å². The van der Waals surface area contributed by atoms with Crippen LogP contribution in [0.2, 0.25) is 5.02 Å². The highest BCUT2D eigenvalue weighted by Gasteiger charge is 2.36. The van der Waals surface area contributed by atoms with Gasteiger partial charge in [0.1, 0.15) is 18.4 Å². The van der Waals surface area contributed by atoms with Crippen molar-refractivity contribution in [2.45, 2.75) is 24.3 Å². The summed E-state index contributed by atoms with van der Waals surface area (Å²) >= 11 is 12.5. The van der Waals surface area contributed by atoms with Gasteiger partial charge in [-0.2, -0.15) is 0 Å². The third-order valence-corrected chi connectivity index (χ3v) is 8.37. The molecule has 2 atom stereocenters. The van der Waals surface area contributed by atoms with Crippen molar-refractivity contribution in [3.05, 3.63) is 74.9 Å². The molecule has 6 rings (SSSR count). The molecule has 1 N–H and O–H groups in total. The van der Waals surface area contributed by atoms with E-state index < -0.39 is 12.1 Å². The maximum atomic E-state index is 13.6. The van der Waals surface area contributed by atoms with E-state index in [1.165, 1.54) is 5.56 Å². The lowest BCUT2D eigenvalue weighted by molar-refractivity contribution is 0.0321. The van der Waals surface area contributed by atoms with Crippen molar-refractivity contribution in [1.82, 2.24) is 14.8 Å². The van der Waals surface area contributed by atoms with Crippen LogP contribution in [0.3, 0.4) is 0 Å². The Bertz CT molecular complexity index is 1520. The predicted molar refractivity (Wildman–Crippen MR) is 159 cm³/mol. The Morgan fingerprint density at radius 1 is 1.10 bits per heavy atom. The molecule has 0 spiro atoms. The Morgan fingerprint density at radius 3 is 2.68 bits per heavy atom. The predicted octanol–water partition coefficient (Wildman–Crippen LogP) is 4.11. The number of nitrogens with one attached hydrogen (secondary N) is 1. The number of fused-ring (bicyclic) bond motifs is 3. The number of aromatic nitrogens is 1. The third kappa shape index (κ3) is 6.06. The van der Waals surface area contributed by atoms with Gasteiger partial charge < -0.3 is 23.9 Å². The van der Waals surface area contributed by atoms with E-state index >= 15 is 0 Å². The fourth-order valence-corrected chi connectivity index (χ4v) is 6.08. The second kappa shape index (κ2) is 12.4. The summed E-state index contributed by atoms with van der Waals surface area (Å²) in [6.07, 6.45) is 5.23. The number of carbonyl (C=O) groups excluding carboxylic acids is 1. The molecule has 41 heavy (non-hydrogen) atoms. The average molecular weight is 599 g/mol. The van der Waals surface area contributed by atoms with Gasteiger partial charge in [-0.05, 0) is 60.4 Å². The molecule has 8 nitrogen and oxygen atoms in total. The molecule has 2 aliphatic heterocycles. The zero-order chi connectivity index (χ0) is 28.3. The number of hydrogen-bond acceptors (Lipinski definition) is 6. The van der Waals surface area contributed by atoms with Gasteiger partial charge in [0.25, 0.3) is 0 Å². The van der Waals surface area contributed by atoms with Crippen LogP contribution in [0.25, 0.3) is 12.2 Å². The van der Waals surface area contributed by atoms with Gasteiger partial charge in [-0.25, -0.2) is 4.79 Å². The van der Waals surface area contributed by atoms with Crippen LogP contribution < -0.4 is 24.8 Å². The van der Waals surface area contributed by atoms with E-state index in [0.717, 1.165) is 61.1 Å². The molecule has 1 amide bonds. The van der Waals surface area contributed by atoms with Crippen LogP contribution in [0.1, 0.15) is 29.3 Å². The van der Waals surface area contributed by atoms with Gasteiger partial charge in [0.15, 0.2) is 11.5 Å². The molecule has 3 aliphatic rings. The van der Waals surface area contributed by atoms with Crippen molar-refractivity contribution >= 4 is 41.4 Å². The van der Waals surface area contributed by atoms with Crippen molar-refractivity contribution in [2.24, 2.45) is 0 Å². The largest absolute Gasteiger partial charge is 0.493 e. The molecule has 0 bridgehead atoms. The zero-order valence-corrected chi connectivity index (χ0v) is 24.4. The summed E-state index contributed by atoms with van der Waals surface area (Å²) in [5.41, 5.74) is 3.01. The number of alkyl halides is 1. The lowest BCUT2D eigenvalue weighted by atomic mass is 9.92. The highest BCUT2D eigenvalue weighted by atomic mass is 35.5. The molecule has 1 fully saturated rings. The molecule has 0 radical (unpaired) electrons. The first-order valence-corrected chi connectivity index (χ1v) is 14.7. The summed E-state index contributed by atoms with van der Waals surface area (Å²) in [6.45, 7) is 5.15. The zero-order valence-electron chi connectivity index (χ0n) is 22.9. The molecule has 1 aliphatic carbocycles. The second-order valence-corrected chi connectivity index (χ2v) is 11.3. The quantitative estimate of drug-likeness (QED) is 0.413. The highest BCUT2D eigenvalue weighted by Crippen LogP contribution is 2.38. The number of carbonyl (C=O) groups is 1. The van der Waals surface area contributed by atoms with Crippen LogP contribution in [0.15, 0.2) is 42.5 Å². The molecule has 10 heteroatoms. The fourth-order valence-electron chi connectivity index (χ4n) is 5.73. The number of nitrogens with zero attached hydrogens (tertiary/aromatic N) is 2. The maximum absolute atomic E-state index is 13.6. The van der Waals surface area contributed by atoms with E-state index in [-0.39, 0.29) is 5.38 Å². The molecule has 1 saturated heterocycles. The van der Waals surface area contributed by atoms with Gasteiger partial charge in [0.05, 0.1) is 25.7 Å². The Balaban J connectivity index is 1.31. The molecule has 3 heterocycles. The number of aromatic amines is 1. The minimum atomic E-state index is -0.441. The van der Waals surface area contributed by atoms with E-state index in [1.807, 2.05) is 18.2 Å². The number of H-pyrrole nitrogens is 1. The van der Waals surface area contributed by atoms with E-state index in [9.17, 15) is 4.79 Å². The average Bonchev–Trinajstić information content (AvgIpc) is 3.36. The van der Waals surface area contributed by atoms with Gasteiger partial charge in [-0.15, -0.1) is 11.6 Å². The summed E-state index contributed by atoms with van der Waals surface area (Å²) in [5, 5.41) is 2.69. The molecule has 2 unspecified atom stereocenters. The number of methoxy groups -OCH3 is 1. The normalized spacial score (nSPS) is 20.3. The lowest BCUT2D eigenvalue weighted by Gasteiger charge is -2.35. The van der Waals surface area contributed by atoms with Crippen LogP contribution in [0.4, 0.5) is 4.79 Å².